The van der Waals surface area contributed by atoms with Crippen molar-refractivity contribution in [2.24, 2.45) is 0 Å². The quantitative estimate of drug-likeness (QED) is 0.565. The number of pyridine rings is 1. The maximum atomic E-state index is 5.63. The highest BCUT2D eigenvalue weighted by Crippen LogP contribution is 2.29. The van der Waals surface area contributed by atoms with E-state index in [-0.39, 0.29) is 0 Å². The van der Waals surface area contributed by atoms with Gasteiger partial charge in [0.25, 0.3) is 0 Å². The van der Waals surface area contributed by atoms with Gasteiger partial charge in [-0.3, -0.25) is 4.98 Å². The molecule has 3 heteroatoms. The number of hydrogen-bond donors (Lipinski definition) is 1. The molecule has 0 N–H and O–H groups in total. The number of aromatic nitrogens is 1. The summed E-state index contributed by atoms with van der Waals surface area (Å²) in [7, 11) is 0. The normalized spacial score (nSPS) is 11.2. The van der Waals surface area contributed by atoms with Crippen LogP contribution in [0.15, 0.2) is 46.0 Å². The number of benzene rings is 1. The molecule has 1 aromatic carbocycles. The standard InChI is InChI=1S/C11H7NOS/c14-7-1-2-10-8(5-7)9-6-12-4-3-11(9)13-10/h1-6,14H. The fourth-order valence-corrected chi connectivity index (χ4v) is 1.81. The third-order valence-corrected chi connectivity index (χ3v) is 2.53. The molecule has 0 saturated heterocycles. The second-order valence-corrected chi connectivity index (χ2v) is 3.67. The van der Waals surface area contributed by atoms with Gasteiger partial charge in [0, 0.05) is 28.1 Å². The molecule has 0 bridgehead atoms. The first kappa shape index (κ1) is 7.88. The Morgan fingerprint density at radius 2 is 1.93 bits per heavy atom. The van der Waals surface area contributed by atoms with Gasteiger partial charge in [0.15, 0.2) is 0 Å². The van der Waals surface area contributed by atoms with Crippen LogP contribution in [0.5, 0.6) is 0 Å². The molecule has 0 radical (unpaired) electrons. The molecule has 0 aliphatic heterocycles. The third kappa shape index (κ3) is 1.02. The summed E-state index contributed by atoms with van der Waals surface area (Å²) in [6.07, 6.45) is 3.54. The molecule has 0 unspecified atom stereocenters. The summed E-state index contributed by atoms with van der Waals surface area (Å²) in [5, 5.41) is 2.11. The molecule has 0 saturated carbocycles. The van der Waals surface area contributed by atoms with Gasteiger partial charge in [-0.2, -0.15) is 0 Å². The van der Waals surface area contributed by atoms with Crippen LogP contribution in [-0.4, -0.2) is 4.98 Å². The summed E-state index contributed by atoms with van der Waals surface area (Å²) in [5.74, 6) is 0. The lowest BCUT2D eigenvalue weighted by Gasteiger charge is -1.90. The van der Waals surface area contributed by atoms with Crippen LogP contribution in [-0.2, 0) is 0 Å². The Morgan fingerprint density at radius 3 is 2.86 bits per heavy atom. The molecule has 2 nitrogen and oxygen atoms in total. The number of thiol groups is 1. The maximum Gasteiger partial charge on any atom is 0.138 e. The Labute approximate surface area is 86.0 Å². The van der Waals surface area contributed by atoms with Crippen molar-refractivity contribution >= 4 is 34.6 Å². The Kier molecular flexibility index (Phi) is 1.55. The molecular formula is C11H7NOS. The minimum atomic E-state index is 0.869. The average Bonchev–Trinajstić information content (AvgIpc) is 2.56. The fourth-order valence-electron chi connectivity index (χ4n) is 1.61. The first-order valence-electron chi connectivity index (χ1n) is 4.30. The third-order valence-electron chi connectivity index (χ3n) is 2.25. The average molecular weight is 201 g/mol. The van der Waals surface area contributed by atoms with Crippen molar-refractivity contribution in [3.63, 3.8) is 0 Å². The summed E-state index contributed by atoms with van der Waals surface area (Å²) in [4.78, 5) is 5.01. The largest absolute Gasteiger partial charge is 0.456 e. The minimum absolute atomic E-state index is 0.869. The Hall–Kier alpha value is -1.48. The highest BCUT2D eigenvalue weighted by atomic mass is 32.1. The van der Waals surface area contributed by atoms with Gasteiger partial charge in [-0.15, -0.1) is 12.6 Å². The number of nitrogens with zero attached hydrogens (tertiary/aromatic N) is 1. The van der Waals surface area contributed by atoms with Gasteiger partial charge in [-0.05, 0) is 24.3 Å². The van der Waals surface area contributed by atoms with Crippen LogP contribution >= 0.6 is 12.6 Å². The minimum Gasteiger partial charge on any atom is -0.456 e. The maximum absolute atomic E-state index is 5.63. The highest BCUT2D eigenvalue weighted by Gasteiger charge is 2.05. The molecule has 3 rings (SSSR count). The second kappa shape index (κ2) is 2.75. The van der Waals surface area contributed by atoms with Crippen molar-refractivity contribution in [3.05, 3.63) is 36.7 Å². The van der Waals surface area contributed by atoms with Crippen LogP contribution < -0.4 is 0 Å². The monoisotopic (exact) mass is 201 g/mol. The summed E-state index contributed by atoms with van der Waals surface area (Å²) >= 11 is 4.30. The van der Waals surface area contributed by atoms with Gasteiger partial charge in [0.05, 0.1) is 0 Å². The van der Waals surface area contributed by atoms with Gasteiger partial charge in [0.2, 0.25) is 0 Å². The van der Waals surface area contributed by atoms with Crippen LogP contribution in [0.4, 0.5) is 0 Å². The predicted octanol–water partition coefficient (Wildman–Crippen LogP) is 3.27. The van der Waals surface area contributed by atoms with Crippen molar-refractivity contribution in [1.29, 1.82) is 0 Å². The summed E-state index contributed by atoms with van der Waals surface area (Å²) in [6.45, 7) is 0. The predicted molar refractivity (Wildman–Crippen MR) is 58.8 cm³/mol. The zero-order chi connectivity index (χ0) is 9.54. The number of furan rings is 1. The first-order valence-corrected chi connectivity index (χ1v) is 4.74. The van der Waals surface area contributed by atoms with Gasteiger partial charge in [0.1, 0.15) is 11.2 Å². The topological polar surface area (TPSA) is 26.0 Å². The Morgan fingerprint density at radius 1 is 1.07 bits per heavy atom. The van der Waals surface area contributed by atoms with Crippen molar-refractivity contribution in [2.45, 2.75) is 4.90 Å². The lowest BCUT2D eigenvalue weighted by molar-refractivity contribution is 0.668. The van der Waals surface area contributed by atoms with E-state index in [0.717, 1.165) is 26.8 Å². The number of rotatable bonds is 0. The molecule has 0 fully saturated rings. The van der Waals surface area contributed by atoms with E-state index < -0.39 is 0 Å². The number of hydrogen-bond acceptors (Lipinski definition) is 3. The molecule has 2 heterocycles. The van der Waals surface area contributed by atoms with Crippen molar-refractivity contribution in [1.82, 2.24) is 4.98 Å². The summed E-state index contributed by atoms with van der Waals surface area (Å²) in [5.41, 5.74) is 1.75. The number of fused-ring (bicyclic) bond motifs is 3. The van der Waals surface area contributed by atoms with E-state index in [4.69, 9.17) is 4.42 Å². The van der Waals surface area contributed by atoms with E-state index in [0.29, 0.717) is 0 Å². The van der Waals surface area contributed by atoms with Crippen molar-refractivity contribution < 1.29 is 4.42 Å². The van der Waals surface area contributed by atoms with Crippen LogP contribution in [0.1, 0.15) is 0 Å². The van der Waals surface area contributed by atoms with E-state index in [1.807, 2.05) is 30.5 Å². The lowest BCUT2D eigenvalue weighted by Crippen LogP contribution is -1.69. The summed E-state index contributed by atoms with van der Waals surface area (Å²) in [6, 6.07) is 7.71. The molecule has 0 aliphatic rings. The molecule has 3 aromatic rings. The van der Waals surface area contributed by atoms with E-state index >= 15 is 0 Å². The van der Waals surface area contributed by atoms with Gasteiger partial charge >= 0.3 is 0 Å². The van der Waals surface area contributed by atoms with Gasteiger partial charge < -0.3 is 4.42 Å². The van der Waals surface area contributed by atoms with E-state index in [2.05, 4.69) is 17.6 Å². The zero-order valence-corrected chi connectivity index (χ0v) is 8.16. The fraction of sp³-hybridized carbons (Fsp3) is 0. The van der Waals surface area contributed by atoms with Crippen molar-refractivity contribution in [3.8, 4) is 0 Å². The van der Waals surface area contributed by atoms with E-state index in [1.165, 1.54) is 0 Å². The van der Waals surface area contributed by atoms with Crippen LogP contribution in [0, 0.1) is 0 Å². The molecule has 68 valence electrons. The molecule has 0 aliphatic carbocycles. The zero-order valence-electron chi connectivity index (χ0n) is 7.27. The summed E-state index contributed by atoms with van der Waals surface area (Å²) < 4.78 is 5.63. The van der Waals surface area contributed by atoms with Gasteiger partial charge in [-0.1, -0.05) is 0 Å². The smallest absolute Gasteiger partial charge is 0.138 e. The molecule has 0 atom stereocenters. The molecule has 2 aromatic heterocycles. The first-order chi connectivity index (χ1) is 6.84. The molecular weight excluding hydrogens is 194 g/mol. The van der Waals surface area contributed by atoms with Crippen LogP contribution in [0.3, 0.4) is 0 Å². The highest BCUT2D eigenvalue weighted by molar-refractivity contribution is 7.80. The Balaban J connectivity index is 2.58. The van der Waals surface area contributed by atoms with Crippen LogP contribution in [0.2, 0.25) is 0 Å². The SMILES string of the molecule is Sc1ccc2oc3ccncc3c2c1. The molecule has 14 heavy (non-hydrogen) atoms. The van der Waals surface area contributed by atoms with Gasteiger partial charge in [-0.25, -0.2) is 0 Å². The van der Waals surface area contributed by atoms with E-state index in [9.17, 15) is 0 Å². The second-order valence-electron chi connectivity index (χ2n) is 3.15. The Bertz CT molecular complexity index is 615. The van der Waals surface area contributed by atoms with E-state index in [1.54, 1.807) is 6.20 Å². The molecule has 0 spiro atoms. The molecule has 0 amide bonds. The lowest BCUT2D eigenvalue weighted by atomic mass is 10.2. The van der Waals surface area contributed by atoms with Crippen molar-refractivity contribution in [2.75, 3.05) is 0 Å². The van der Waals surface area contributed by atoms with Crippen LogP contribution in [0.25, 0.3) is 21.9 Å².